The normalized spacial score (nSPS) is 11.0. The zero-order valence-electron chi connectivity index (χ0n) is 12.7. The topological polar surface area (TPSA) is 42.7 Å². The van der Waals surface area contributed by atoms with E-state index in [4.69, 9.17) is 0 Å². The number of nitrogens with one attached hydrogen (secondary N) is 1. The van der Waals surface area contributed by atoms with Crippen LogP contribution in [-0.2, 0) is 19.5 Å². The lowest BCUT2D eigenvalue weighted by Crippen LogP contribution is -2.19. The summed E-state index contributed by atoms with van der Waals surface area (Å²) < 4.78 is 1.96. The lowest BCUT2D eigenvalue weighted by atomic mass is 10.2. The van der Waals surface area contributed by atoms with Crippen molar-refractivity contribution in [1.29, 1.82) is 0 Å². The molecule has 0 aliphatic heterocycles. The van der Waals surface area contributed by atoms with Crippen LogP contribution in [-0.4, -0.2) is 21.3 Å². The first-order chi connectivity index (χ1) is 10.8. The van der Waals surface area contributed by atoms with Gasteiger partial charge in [0.2, 0.25) is 0 Å². The highest BCUT2D eigenvalue weighted by Crippen LogP contribution is 2.14. The molecule has 0 atom stereocenters. The van der Waals surface area contributed by atoms with Crippen molar-refractivity contribution in [2.24, 2.45) is 0 Å². The Morgan fingerprint density at radius 2 is 2.09 bits per heavy atom. The van der Waals surface area contributed by atoms with Gasteiger partial charge in [0.15, 0.2) is 0 Å². The maximum atomic E-state index is 4.69. The van der Waals surface area contributed by atoms with Gasteiger partial charge in [0.25, 0.3) is 0 Å². The minimum absolute atomic E-state index is 0.811. The molecule has 0 bridgehead atoms. The molecule has 2 heterocycles. The van der Waals surface area contributed by atoms with Gasteiger partial charge in [0.1, 0.15) is 0 Å². The molecule has 0 aliphatic rings. The Morgan fingerprint density at radius 3 is 2.86 bits per heavy atom. The van der Waals surface area contributed by atoms with Gasteiger partial charge in [-0.15, -0.1) is 11.3 Å². The summed E-state index contributed by atoms with van der Waals surface area (Å²) in [4.78, 5) is 4.69. The molecule has 1 aromatic carbocycles. The van der Waals surface area contributed by atoms with Crippen molar-refractivity contribution in [2.75, 3.05) is 6.54 Å². The molecule has 114 valence electrons. The van der Waals surface area contributed by atoms with E-state index in [0.29, 0.717) is 0 Å². The minimum atomic E-state index is 0.811. The summed E-state index contributed by atoms with van der Waals surface area (Å²) in [5.41, 5.74) is 3.63. The lowest BCUT2D eigenvalue weighted by Gasteiger charge is -2.03. The second-order valence-electron chi connectivity index (χ2n) is 5.35. The molecule has 0 saturated carbocycles. The molecular formula is C17H20N4S. The Balaban J connectivity index is 1.43. The summed E-state index contributed by atoms with van der Waals surface area (Å²) >= 11 is 1.73. The Morgan fingerprint density at radius 1 is 1.23 bits per heavy atom. The summed E-state index contributed by atoms with van der Waals surface area (Å²) in [6.45, 7) is 4.65. The average Bonchev–Trinajstić information content (AvgIpc) is 3.14. The van der Waals surface area contributed by atoms with E-state index in [2.05, 4.69) is 58.2 Å². The van der Waals surface area contributed by atoms with E-state index in [-0.39, 0.29) is 0 Å². The van der Waals surface area contributed by atoms with Crippen molar-refractivity contribution in [3.8, 4) is 0 Å². The fourth-order valence-corrected chi connectivity index (χ4v) is 3.11. The van der Waals surface area contributed by atoms with Gasteiger partial charge < -0.3 is 5.32 Å². The van der Waals surface area contributed by atoms with Crippen LogP contribution in [0.15, 0.2) is 48.1 Å². The Hall–Kier alpha value is -1.98. The van der Waals surface area contributed by atoms with Gasteiger partial charge in [-0.1, -0.05) is 30.3 Å². The number of aromatic nitrogens is 3. The van der Waals surface area contributed by atoms with E-state index in [1.54, 1.807) is 11.3 Å². The van der Waals surface area contributed by atoms with Crippen LogP contribution in [0.25, 0.3) is 0 Å². The van der Waals surface area contributed by atoms with Crippen LogP contribution in [0, 0.1) is 6.92 Å². The van der Waals surface area contributed by atoms with Gasteiger partial charge >= 0.3 is 0 Å². The van der Waals surface area contributed by atoms with Crippen molar-refractivity contribution in [1.82, 2.24) is 20.1 Å². The monoisotopic (exact) mass is 312 g/mol. The van der Waals surface area contributed by atoms with Crippen LogP contribution in [0.3, 0.4) is 0 Å². The first-order valence-electron chi connectivity index (χ1n) is 7.46. The molecule has 0 unspecified atom stereocenters. The molecule has 0 saturated heterocycles. The summed E-state index contributed by atoms with van der Waals surface area (Å²) in [5, 5.41) is 11.0. The number of aryl methyl sites for hydroxylation is 1. The molecule has 3 rings (SSSR count). The van der Waals surface area contributed by atoms with Gasteiger partial charge in [-0.3, -0.25) is 4.68 Å². The minimum Gasteiger partial charge on any atom is -0.309 e. The van der Waals surface area contributed by atoms with Gasteiger partial charge in [-0.05, 0) is 18.1 Å². The number of hydrogen-bond acceptors (Lipinski definition) is 4. The molecule has 0 fully saturated rings. The van der Waals surface area contributed by atoms with Crippen LogP contribution in [0.2, 0.25) is 0 Å². The van der Waals surface area contributed by atoms with E-state index in [0.717, 1.165) is 31.7 Å². The van der Waals surface area contributed by atoms with Crippen molar-refractivity contribution >= 4 is 11.3 Å². The third-order valence-electron chi connectivity index (χ3n) is 3.38. The highest BCUT2D eigenvalue weighted by Gasteiger charge is 2.03. The Bertz CT molecular complexity index is 702. The SMILES string of the molecule is Cc1cnn(CCNCc2csc(Cc3ccccc3)n2)c1. The molecule has 0 aliphatic carbocycles. The predicted molar refractivity (Wildman–Crippen MR) is 90.0 cm³/mol. The molecule has 4 nitrogen and oxygen atoms in total. The predicted octanol–water partition coefficient (Wildman–Crippen LogP) is 3.03. The summed E-state index contributed by atoms with van der Waals surface area (Å²) in [5.74, 6) is 0. The third-order valence-corrected chi connectivity index (χ3v) is 4.28. The highest BCUT2D eigenvalue weighted by molar-refractivity contribution is 7.09. The van der Waals surface area contributed by atoms with Crippen molar-refractivity contribution in [2.45, 2.75) is 26.4 Å². The van der Waals surface area contributed by atoms with Crippen LogP contribution < -0.4 is 5.32 Å². The molecule has 5 heteroatoms. The second kappa shape index (κ2) is 7.33. The number of nitrogens with zero attached hydrogens (tertiary/aromatic N) is 3. The molecule has 22 heavy (non-hydrogen) atoms. The van der Waals surface area contributed by atoms with Crippen molar-refractivity contribution in [3.63, 3.8) is 0 Å². The van der Waals surface area contributed by atoms with Crippen LogP contribution in [0.1, 0.15) is 21.8 Å². The average molecular weight is 312 g/mol. The standard InChI is InChI=1S/C17H20N4S/c1-14-10-19-21(12-14)8-7-18-11-16-13-22-17(20-16)9-15-5-3-2-4-6-15/h2-6,10,12-13,18H,7-9,11H2,1H3. The Labute approximate surface area is 134 Å². The van der Waals surface area contributed by atoms with Gasteiger partial charge in [0.05, 0.1) is 23.4 Å². The first-order valence-corrected chi connectivity index (χ1v) is 8.34. The summed E-state index contributed by atoms with van der Waals surface area (Å²) in [6, 6.07) is 10.5. The molecular weight excluding hydrogens is 292 g/mol. The smallest absolute Gasteiger partial charge is 0.0972 e. The maximum absolute atomic E-state index is 4.69. The van der Waals surface area contributed by atoms with Crippen LogP contribution in [0.4, 0.5) is 0 Å². The van der Waals surface area contributed by atoms with Gasteiger partial charge in [-0.25, -0.2) is 4.98 Å². The number of rotatable bonds is 7. The van der Waals surface area contributed by atoms with Crippen LogP contribution in [0.5, 0.6) is 0 Å². The lowest BCUT2D eigenvalue weighted by molar-refractivity contribution is 0.552. The number of benzene rings is 1. The molecule has 0 spiro atoms. The number of hydrogen-bond donors (Lipinski definition) is 1. The van der Waals surface area contributed by atoms with E-state index >= 15 is 0 Å². The fraction of sp³-hybridized carbons (Fsp3) is 0.294. The van der Waals surface area contributed by atoms with Gasteiger partial charge in [-0.2, -0.15) is 5.10 Å². The third kappa shape index (κ3) is 4.26. The zero-order chi connectivity index (χ0) is 15.2. The molecule has 1 N–H and O–H groups in total. The van der Waals surface area contributed by atoms with E-state index in [1.165, 1.54) is 16.1 Å². The Kier molecular flexibility index (Phi) is 4.98. The molecule has 0 radical (unpaired) electrons. The highest BCUT2D eigenvalue weighted by atomic mass is 32.1. The molecule has 2 aromatic heterocycles. The largest absolute Gasteiger partial charge is 0.309 e. The number of thiazole rings is 1. The quantitative estimate of drug-likeness (QED) is 0.682. The van der Waals surface area contributed by atoms with Gasteiger partial charge in [0, 0.05) is 31.1 Å². The summed E-state index contributed by atoms with van der Waals surface area (Å²) in [6.07, 6.45) is 4.86. The maximum Gasteiger partial charge on any atom is 0.0972 e. The second-order valence-corrected chi connectivity index (χ2v) is 6.30. The van der Waals surface area contributed by atoms with E-state index < -0.39 is 0 Å². The van der Waals surface area contributed by atoms with Crippen molar-refractivity contribution in [3.05, 3.63) is 69.9 Å². The first kappa shape index (κ1) is 14.9. The molecule has 3 aromatic rings. The molecule has 0 amide bonds. The van der Waals surface area contributed by atoms with Crippen molar-refractivity contribution < 1.29 is 0 Å². The fourth-order valence-electron chi connectivity index (χ4n) is 2.28. The summed E-state index contributed by atoms with van der Waals surface area (Å²) in [7, 11) is 0. The van der Waals surface area contributed by atoms with E-state index in [1.807, 2.05) is 16.9 Å². The van der Waals surface area contributed by atoms with E-state index in [9.17, 15) is 0 Å². The van der Waals surface area contributed by atoms with Crippen LogP contribution >= 0.6 is 11.3 Å². The zero-order valence-corrected chi connectivity index (χ0v) is 13.5.